The molecular weight excluding hydrogens is 398 g/mol. The number of nitrogens with one attached hydrogen (secondary N) is 1. The van der Waals surface area contributed by atoms with Crippen molar-refractivity contribution in [1.29, 1.82) is 0 Å². The lowest BCUT2D eigenvalue weighted by Crippen LogP contribution is -2.38. The number of carbonyl (C=O) groups excluding carboxylic acids is 2. The first-order valence-corrected chi connectivity index (χ1v) is 9.52. The molecule has 3 rings (SSSR count). The Morgan fingerprint density at radius 1 is 0.968 bits per heavy atom. The number of ether oxygens (including phenoxy) is 1. The van der Waals surface area contributed by atoms with Crippen LogP contribution in [0.1, 0.15) is 34.5 Å². The van der Waals surface area contributed by atoms with E-state index in [9.17, 15) is 19.7 Å². The van der Waals surface area contributed by atoms with Crippen LogP contribution in [0.25, 0.3) is 0 Å². The third-order valence-corrected chi connectivity index (χ3v) is 4.67. The van der Waals surface area contributed by atoms with Crippen LogP contribution in [0.15, 0.2) is 78.9 Å². The zero-order valence-corrected chi connectivity index (χ0v) is 16.7. The van der Waals surface area contributed by atoms with Gasteiger partial charge in [0.05, 0.1) is 16.5 Å². The van der Waals surface area contributed by atoms with Gasteiger partial charge < -0.3 is 15.8 Å². The summed E-state index contributed by atoms with van der Waals surface area (Å²) in [5.41, 5.74) is 6.75. The largest absolute Gasteiger partial charge is 0.449 e. The van der Waals surface area contributed by atoms with Crippen LogP contribution in [0.3, 0.4) is 0 Å². The van der Waals surface area contributed by atoms with Crippen LogP contribution < -0.4 is 11.1 Å². The molecule has 1 atom stereocenters. The molecule has 3 N–H and O–H groups in total. The van der Waals surface area contributed by atoms with E-state index < -0.39 is 34.6 Å². The van der Waals surface area contributed by atoms with E-state index in [0.29, 0.717) is 0 Å². The van der Waals surface area contributed by atoms with E-state index in [-0.39, 0.29) is 11.3 Å². The third kappa shape index (κ3) is 5.24. The fourth-order valence-electron chi connectivity index (χ4n) is 3.02. The van der Waals surface area contributed by atoms with Gasteiger partial charge in [0.15, 0.2) is 6.10 Å². The Kier molecular flexibility index (Phi) is 6.61. The highest BCUT2D eigenvalue weighted by molar-refractivity contribution is 5.93. The van der Waals surface area contributed by atoms with Gasteiger partial charge in [-0.1, -0.05) is 60.7 Å². The standard InChI is InChI=1S/C23H21N3O5/c1-15(31-23(28)18-12-13-19(24)20(14-18)26(29)30)22(27)25-21(16-8-4-2-5-9-16)17-10-6-3-7-11-17/h2-15,21H,24H2,1H3,(H,25,27)/t15-/m0/s1. The van der Waals surface area contributed by atoms with Gasteiger partial charge in [-0.05, 0) is 30.2 Å². The molecule has 0 aromatic heterocycles. The predicted octanol–water partition coefficient (Wildman–Crippen LogP) is 3.63. The molecule has 0 unspecified atom stereocenters. The fourth-order valence-corrected chi connectivity index (χ4v) is 3.02. The molecule has 0 aliphatic rings. The second-order valence-corrected chi connectivity index (χ2v) is 6.84. The number of esters is 1. The van der Waals surface area contributed by atoms with Crippen LogP contribution in [0.4, 0.5) is 11.4 Å². The summed E-state index contributed by atoms with van der Waals surface area (Å²) in [6.45, 7) is 1.44. The second-order valence-electron chi connectivity index (χ2n) is 6.84. The number of hydrogen-bond acceptors (Lipinski definition) is 6. The average Bonchev–Trinajstić information content (AvgIpc) is 2.78. The number of hydrogen-bond donors (Lipinski definition) is 2. The number of rotatable bonds is 7. The maximum absolute atomic E-state index is 12.8. The van der Waals surface area contributed by atoms with Gasteiger partial charge in [-0.2, -0.15) is 0 Å². The van der Waals surface area contributed by atoms with E-state index in [1.165, 1.54) is 19.1 Å². The fraction of sp³-hybridized carbons (Fsp3) is 0.130. The van der Waals surface area contributed by atoms with Crippen LogP contribution in [0.2, 0.25) is 0 Å². The van der Waals surface area contributed by atoms with Crippen molar-refractivity contribution in [2.45, 2.75) is 19.1 Å². The zero-order chi connectivity index (χ0) is 22.4. The van der Waals surface area contributed by atoms with Crippen molar-refractivity contribution in [2.24, 2.45) is 0 Å². The molecule has 0 saturated carbocycles. The minimum Gasteiger partial charge on any atom is -0.449 e. The van der Waals surface area contributed by atoms with Crippen molar-refractivity contribution >= 4 is 23.3 Å². The third-order valence-electron chi connectivity index (χ3n) is 4.67. The van der Waals surface area contributed by atoms with E-state index in [2.05, 4.69) is 5.32 Å². The molecule has 1 amide bonds. The van der Waals surface area contributed by atoms with Gasteiger partial charge in [0, 0.05) is 6.07 Å². The summed E-state index contributed by atoms with van der Waals surface area (Å²) in [5.74, 6) is -1.36. The van der Waals surface area contributed by atoms with E-state index in [4.69, 9.17) is 10.5 Å². The predicted molar refractivity (Wildman–Crippen MR) is 115 cm³/mol. The lowest BCUT2D eigenvalue weighted by molar-refractivity contribution is -0.383. The molecule has 3 aromatic rings. The van der Waals surface area contributed by atoms with Gasteiger partial charge >= 0.3 is 5.97 Å². The van der Waals surface area contributed by atoms with Gasteiger partial charge in [0.2, 0.25) is 0 Å². The lowest BCUT2D eigenvalue weighted by atomic mass is 9.98. The molecule has 0 saturated heterocycles. The molecule has 0 spiro atoms. The first-order chi connectivity index (χ1) is 14.9. The Balaban J connectivity index is 1.75. The number of nitrogens with zero attached hydrogens (tertiary/aromatic N) is 1. The van der Waals surface area contributed by atoms with Crippen molar-refractivity contribution in [3.63, 3.8) is 0 Å². The zero-order valence-electron chi connectivity index (χ0n) is 16.7. The van der Waals surface area contributed by atoms with Gasteiger partial charge in [-0.3, -0.25) is 14.9 Å². The molecule has 31 heavy (non-hydrogen) atoms. The Hall–Kier alpha value is -4.20. The molecule has 0 heterocycles. The van der Waals surface area contributed by atoms with Crippen LogP contribution in [0.5, 0.6) is 0 Å². The summed E-state index contributed by atoms with van der Waals surface area (Å²) in [5, 5.41) is 13.9. The topological polar surface area (TPSA) is 125 Å². The summed E-state index contributed by atoms with van der Waals surface area (Å²) in [7, 11) is 0. The van der Waals surface area contributed by atoms with Gasteiger partial charge in [-0.25, -0.2) is 4.79 Å². The van der Waals surface area contributed by atoms with E-state index in [0.717, 1.165) is 17.2 Å². The van der Waals surface area contributed by atoms with E-state index in [1.807, 2.05) is 60.7 Å². The van der Waals surface area contributed by atoms with Crippen LogP contribution >= 0.6 is 0 Å². The number of nitro benzene ring substituents is 1. The van der Waals surface area contributed by atoms with Crippen molar-refractivity contribution in [3.8, 4) is 0 Å². The van der Waals surface area contributed by atoms with Gasteiger partial charge in [-0.15, -0.1) is 0 Å². The van der Waals surface area contributed by atoms with Crippen molar-refractivity contribution < 1.29 is 19.2 Å². The summed E-state index contributed by atoms with van der Waals surface area (Å²) in [6, 6.07) is 22.0. The highest BCUT2D eigenvalue weighted by Crippen LogP contribution is 2.24. The van der Waals surface area contributed by atoms with E-state index >= 15 is 0 Å². The van der Waals surface area contributed by atoms with Gasteiger partial charge in [0.25, 0.3) is 11.6 Å². The first kappa shape index (κ1) is 21.5. The molecule has 0 radical (unpaired) electrons. The summed E-state index contributed by atoms with van der Waals surface area (Å²) >= 11 is 0. The number of nitrogen functional groups attached to an aromatic ring is 1. The molecule has 8 nitrogen and oxygen atoms in total. The summed E-state index contributed by atoms with van der Waals surface area (Å²) in [6.07, 6.45) is -1.13. The lowest BCUT2D eigenvalue weighted by Gasteiger charge is -2.22. The van der Waals surface area contributed by atoms with Crippen LogP contribution in [-0.2, 0) is 9.53 Å². The molecule has 158 valence electrons. The molecule has 3 aromatic carbocycles. The normalized spacial score (nSPS) is 11.5. The maximum atomic E-state index is 12.8. The smallest absolute Gasteiger partial charge is 0.339 e. The number of anilines is 1. The Labute approximate surface area is 178 Å². The highest BCUT2D eigenvalue weighted by Gasteiger charge is 2.24. The molecule has 0 bridgehead atoms. The summed E-state index contributed by atoms with van der Waals surface area (Å²) < 4.78 is 5.23. The monoisotopic (exact) mass is 419 g/mol. The minimum absolute atomic E-state index is 0.0665. The molecule has 0 aliphatic heterocycles. The van der Waals surface area contributed by atoms with E-state index in [1.54, 1.807) is 0 Å². The Bertz CT molecular complexity index is 1050. The second kappa shape index (κ2) is 9.53. The maximum Gasteiger partial charge on any atom is 0.339 e. The molecule has 0 fully saturated rings. The number of amides is 1. The quantitative estimate of drug-likeness (QED) is 0.261. The van der Waals surface area contributed by atoms with Crippen molar-refractivity contribution in [1.82, 2.24) is 5.32 Å². The Morgan fingerprint density at radius 3 is 2.03 bits per heavy atom. The molecule has 8 heteroatoms. The average molecular weight is 419 g/mol. The number of nitrogens with two attached hydrogens (primary N) is 1. The molecular formula is C23H21N3O5. The molecule has 0 aliphatic carbocycles. The van der Waals surface area contributed by atoms with Gasteiger partial charge in [0.1, 0.15) is 5.69 Å². The number of nitro groups is 1. The SMILES string of the molecule is C[C@H](OC(=O)c1ccc(N)c([N+](=O)[O-])c1)C(=O)NC(c1ccccc1)c1ccccc1. The first-order valence-electron chi connectivity index (χ1n) is 9.52. The minimum atomic E-state index is -1.13. The highest BCUT2D eigenvalue weighted by atomic mass is 16.6. The Morgan fingerprint density at radius 2 is 1.52 bits per heavy atom. The summed E-state index contributed by atoms with van der Waals surface area (Å²) in [4.78, 5) is 35.5. The van der Waals surface area contributed by atoms with Crippen LogP contribution in [0, 0.1) is 10.1 Å². The van der Waals surface area contributed by atoms with Crippen LogP contribution in [-0.4, -0.2) is 22.9 Å². The number of carbonyl (C=O) groups is 2. The number of benzene rings is 3. The van der Waals surface area contributed by atoms with Crippen molar-refractivity contribution in [3.05, 3.63) is 106 Å². The van der Waals surface area contributed by atoms with Crippen molar-refractivity contribution in [2.75, 3.05) is 5.73 Å².